The number of nitrogens with one attached hydrogen (secondary N) is 1. The Morgan fingerprint density at radius 1 is 1.36 bits per heavy atom. The summed E-state index contributed by atoms with van der Waals surface area (Å²) in [5.74, 6) is 1.79. The number of thiophene rings is 1. The van der Waals surface area contributed by atoms with Crippen LogP contribution in [0.3, 0.4) is 0 Å². The lowest BCUT2D eigenvalue weighted by atomic mass is 9.91. The van der Waals surface area contributed by atoms with Crippen molar-refractivity contribution in [1.29, 1.82) is 0 Å². The smallest absolute Gasteiger partial charge is 0.193 e. The van der Waals surface area contributed by atoms with Crippen molar-refractivity contribution < 1.29 is 4.74 Å². The molecule has 3 heterocycles. The third kappa shape index (κ3) is 4.96. The van der Waals surface area contributed by atoms with Crippen LogP contribution < -0.4 is 5.32 Å². The molecule has 0 saturated carbocycles. The van der Waals surface area contributed by atoms with Crippen molar-refractivity contribution in [2.24, 2.45) is 10.9 Å². The van der Waals surface area contributed by atoms with E-state index in [1.165, 1.54) is 17.8 Å². The molecule has 2 fully saturated rings. The molecule has 0 amide bonds. The Morgan fingerprint density at radius 2 is 2.16 bits per heavy atom. The van der Waals surface area contributed by atoms with Crippen LogP contribution in [0.4, 0.5) is 0 Å². The van der Waals surface area contributed by atoms with E-state index < -0.39 is 0 Å². The highest BCUT2D eigenvalue weighted by molar-refractivity contribution is 7.10. The van der Waals surface area contributed by atoms with Crippen LogP contribution in [-0.2, 0) is 10.2 Å². The maximum atomic E-state index is 5.45. The standard InChI is InChI=1S/C19H32N4OS/c1-19(2,17-5-4-12-25-17)15-21-18(20-3)23-7-6-16(14-23)13-22-8-10-24-11-9-22/h4-5,12,16H,6-11,13-15H2,1-3H3,(H,20,21). The summed E-state index contributed by atoms with van der Waals surface area (Å²) < 4.78 is 5.45. The number of guanidine groups is 1. The fourth-order valence-corrected chi connectivity index (χ4v) is 4.56. The quantitative estimate of drug-likeness (QED) is 0.643. The predicted molar refractivity (Wildman–Crippen MR) is 106 cm³/mol. The maximum Gasteiger partial charge on any atom is 0.193 e. The average molecular weight is 365 g/mol. The Balaban J connectivity index is 1.48. The fourth-order valence-electron chi connectivity index (χ4n) is 3.71. The van der Waals surface area contributed by atoms with Crippen molar-refractivity contribution in [3.05, 3.63) is 22.4 Å². The molecule has 0 aliphatic carbocycles. The highest BCUT2D eigenvalue weighted by Crippen LogP contribution is 2.27. The second-order valence-corrected chi connectivity index (χ2v) is 8.72. The van der Waals surface area contributed by atoms with Crippen LogP contribution in [0.2, 0.25) is 0 Å². The van der Waals surface area contributed by atoms with Crippen LogP contribution in [-0.4, -0.2) is 75.3 Å². The van der Waals surface area contributed by atoms with Gasteiger partial charge in [0.1, 0.15) is 0 Å². The largest absolute Gasteiger partial charge is 0.379 e. The zero-order valence-electron chi connectivity index (χ0n) is 15.8. The van der Waals surface area contributed by atoms with Gasteiger partial charge >= 0.3 is 0 Å². The van der Waals surface area contributed by atoms with Gasteiger partial charge in [-0.2, -0.15) is 0 Å². The number of hydrogen-bond acceptors (Lipinski definition) is 4. The minimum absolute atomic E-state index is 0.122. The molecule has 3 rings (SSSR count). The molecular formula is C19H32N4OS. The van der Waals surface area contributed by atoms with Crippen molar-refractivity contribution in [1.82, 2.24) is 15.1 Å². The van der Waals surface area contributed by atoms with Gasteiger partial charge in [-0.05, 0) is 23.8 Å². The Hall–Kier alpha value is -1.11. The second kappa shape index (κ2) is 8.52. The number of nitrogens with zero attached hydrogens (tertiary/aromatic N) is 3. The van der Waals surface area contributed by atoms with Gasteiger partial charge in [-0.25, -0.2) is 0 Å². The summed E-state index contributed by atoms with van der Waals surface area (Å²) in [6, 6.07) is 4.36. The zero-order valence-corrected chi connectivity index (χ0v) is 16.6. The minimum Gasteiger partial charge on any atom is -0.379 e. The first-order chi connectivity index (χ1) is 12.1. The summed E-state index contributed by atoms with van der Waals surface area (Å²) in [6.07, 6.45) is 1.26. The number of likely N-dealkylation sites (tertiary alicyclic amines) is 1. The molecule has 1 atom stereocenters. The third-order valence-electron chi connectivity index (χ3n) is 5.29. The fraction of sp³-hybridized carbons (Fsp3) is 0.737. The van der Waals surface area contributed by atoms with E-state index in [4.69, 9.17) is 4.74 Å². The van der Waals surface area contributed by atoms with Gasteiger partial charge in [0.05, 0.1) is 13.2 Å². The van der Waals surface area contributed by atoms with E-state index in [0.717, 1.165) is 57.8 Å². The van der Waals surface area contributed by atoms with Crippen LogP contribution in [0.25, 0.3) is 0 Å². The third-order valence-corrected chi connectivity index (χ3v) is 6.53. The van der Waals surface area contributed by atoms with Crippen molar-refractivity contribution in [3.8, 4) is 0 Å². The lowest BCUT2D eigenvalue weighted by Gasteiger charge is -2.30. The Labute approximate surface area is 156 Å². The zero-order chi connectivity index (χ0) is 17.7. The van der Waals surface area contributed by atoms with E-state index in [1.807, 2.05) is 18.4 Å². The topological polar surface area (TPSA) is 40.1 Å². The SMILES string of the molecule is CN=C(NCC(C)(C)c1cccs1)N1CCC(CN2CCOCC2)C1. The van der Waals surface area contributed by atoms with Crippen LogP contribution in [0.15, 0.2) is 22.5 Å². The molecule has 6 heteroatoms. The van der Waals surface area contributed by atoms with E-state index in [0.29, 0.717) is 0 Å². The molecule has 1 aromatic rings. The van der Waals surface area contributed by atoms with E-state index in [9.17, 15) is 0 Å². The summed E-state index contributed by atoms with van der Waals surface area (Å²) in [7, 11) is 1.90. The highest BCUT2D eigenvalue weighted by atomic mass is 32.1. The first kappa shape index (κ1) is 18.7. The predicted octanol–water partition coefficient (Wildman–Crippen LogP) is 2.26. The first-order valence-corrected chi connectivity index (χ1v) is 10.3. The van der Waals surface area contributed by atoms with Crippen molar-refractivity contribution in [2.75, 3.05) is 59.5 Å². The maximum absolute atomic E-state index is 5.45. The molecule has 2 aliphatic rings. The van der Waals surface area contributed by atoms with Gasteiger partial charge < -0.3 is 15.0 Å². The monoisotopic (exact) mass is 364 g/mol. The van der Waals surface area contributed by atoms with Crippen LogP contribution in [0.5, 0.6) is 0 Å². The molecule has 1 N–H and O–H groups in total. The molecule has 2 saturated heterocycles. The number of hydrogen-bond donors (Lipinski definition) is 1. The molecule has 1 unspecified atom stereocenters. The Kier molecular flexibility index (Phi) is 6.36. The van der Waals surface area contributed by atoms with Crippen LogP contribution >= 0.6 is 11.3 Å². The lowest BCUT2D eigenvalue weighted by Crippen LogP contribution is -2.45. The van der Waals surface area contributed by atoms with E-state index >= 15 is 0 Å². The van der Waals surface area contributed by atoms with Gasteiger partial charge in [-0.3, -0.25) is 9.89 Å². The average Bonchev–Trinajstić information content (AvgIpc) is 3.29. The molecular weight excluding hydrogens is 332 g/mol. The van der Waals surface area contributed by atoms with Crippen molar-refractivity contribution >= 4 is 17.3 Å². The van der Waals surface area contributed by atoms with Gasteiger partial charge in [-0.1, -0.05) is 19.9 Å². The van der Waals surface area contributed by atoms with E-state index in [2.05, 4.69) is 51.5 Å². The molecule has 0 bridgehead atoms. The summed E-state index contributed by atoms with van der Waals surface area (Å²) >= 11 is 1.83. The lowest BCUT2D eigenvalue weighted by molar-refractivity contribution is 0.0315. The number of aliphatic imine (C=N–C) groups is 1. The van der Waals surface area contributed by atoms with Gasteiger partial charge in [0.25, 0.3) is 0 Å². The van der Waals surface area contributed by atoms with Crippen LogP contribution in [0.1, 0.15) is 25.1 Å². The summed E-state index contributed by atoms with van der Waals surface area (Å²) in [5, 5.41) is 5.77. The highest BCUT2D eigenvalue weighted by Gasteiger charge is 2.28. The molecule has 25 heavy (non-hydrogen) atoms. The van der Waals surface area contributed by atoms with Gasteiger partial charge in [0, 0.05) is 56.6 Å². The minimum atomic E-state index is 0.122. The van der Waals surface area contributed by atoms with Crippen molar-refractivity contribution in [3.63, 3.8) is 0 Å². The summed E-state index contributed by atoms with van der Waals surface area (Å²) in [5.41, 5.74) is 0.122. The summed E-state index contributed by atoms with van der Waals surface area (Å²) in [4.78, 5) is 10.9. The molecule has 2 aliphatic heterocycles. The van der Waals surface area contributed by atoms with Gasteiger partial charge in [-0.15, -0.1) is 11.3 Å². The number of ether oxygens (including phenoxy) is 1. The van der Waals surface area contributed by atoms with Crippen molar-refractivity contribution in [2.45, 2.75) is 25.7 Å². The molecule has 1 aromatic heterocycles. The van der Waals surface area contributed by atoms with Gasteiger partial charge in [0.15, 0.2) is 5.96 Å². The summed E-state index contributed by atoms with van der Waals surface area (Å²) in [6.45, 7) is 12.8. The molecule has 5 nitrogen and oxygen atoms in total. The van der Waals surface area contributed by atoms with Crippen LogP contribution in [0, 0.1) is 5.92 Å². The van der Waals surface area contributed by atoms with E-state index in [-0.39, 0.29) is 5.41 Å². The second-order valence-electron chi connectivity index (χ2n) is 7.78. The number of morpholine rings is 1. The molecule has 0 spiro atoms. The normalized spacial score (nSPS) is 23.2. The first-order valence-electron chi connectivity index (χ1n) is 9.38. The van der Waals surface area contributed by atoms with E-state index in [1.54, 1.807) is 0 Å². The Bertz CT molecular complexity index is 552. The Morgan fingerprint density at radius 3 is 2.84 bits per heavy atom. The number of rotatable bonds is 5. The molecule has 0 radical (unpaired) electrons. The molecule has 0 aromatic carbocycles. The van der Waals surface area contributed by atoms with Gasteiger partial charge in [0.2, 0.25) is 0 Å². The molecule has 140 valence electrons.